The monoisotopic (exact) mass is 504 g/mol. The number of likely N-dealkylation sites (tertiary alicyclic amines) is 1. The maximum atomic E-state index is 15.2. The van der Waals surface area contributed by atoms with Crippen LogP contribution in [0.1, 0.15) is 6.42 Å². The van der Waals surface area contributed by atoms with E-state index in [-0.39, 0.29) is 30.5 Å². The van der Waals surface area contributed by atoms with Crippen LogP contribution in [-0.2, 0) is 11.3 Å². The van der Waals surface area contributed by atoms with Crippen LogP contribution < -0.4 is 10.1 Å². The van der Waals surface area contributed by atoms with Crippen LogP contribution in [0, 0.1) is 5.82 Å². The van der Waals surface area contributed by atoms with Crippen molar-refractivity contribution in [2.75, 3.05) is 52.5 Å². The molecular weight excluding hydrogens is 477 g/mol. The molecule has 1 aliphatic heterocycles. The number of halogens is 3. The van der Waals surface area contributed by atoms with E-state index in [0.29, 0.717) is 48.2 Å². The third-order valence-corrected chi connectivity index (χ3v) is 6.40. The molecule has 3 aromatic heterocycles. The topological polar surface area (TPSA) is 94.6 Å². The highest BCUT2D eigenvalue weighted by Gasteiger charge is 2.30. The van der Waals surface area contributed by atoms with Gasteiger partial charge in [-0.15, -0.1) is 10.2 Å². The van der Waals surface area contributed by atoms with Crippen LogP contribution in [0.15, 0.2) is 24.4 Å². The Morgan fingerprint density at radius 1 is 1.22 bits per heavy atom. The molecule has 0 bridgehead atoms. The van der Waals surface area contributed by atoms with E-state index in [1.54, 1.807) is 25.3 Å². The van der Waals surface area contributed by atoms with Gasteiger partial charge in [0.15, 0.2) is 5.82 Å². The summed E-state index contributed by atoms with van der Waals surface area (Å²) in [5.74, 6) is -0.271. The Kier molecular flexibility index (Phi) is 6.92. The Morgan fingerprint density at radius 2 is 2.08 bits per heavy atom. The lowest BCUT2D eigenvalue weighted by Crippen LogP contribution is -2.48. The van der Waals surface area contributed by atoms with Gasteiger partial charge in [0.2, 0.25) is 11.8 Å². The van der Waals surface area contributed by atoms with Crippen LogP contribution >= 0.6 is 0 Å². The van der Waals surface area contributed by atoms with Gasteiger partial charge in [-0.2, -0.15) is 4.98 Å². The summed E-state index contributed by atoms with van der Waals surface area (Å²) in [5, 5.41) is 15.4. The second-order valence-corrected chi connectivity index (χ2v) is 8.64. The summed E-state index contributed by atoms with van der Waals surface area (Å²) in [4.78, 5) is 6.41. The van der Waals surface area contributed by atoms with Crippen LogP contribution in [0.5, 0.6) is 5.88 Å². The van der Waals surface area contributed by atoms with Gasteiger partial charge in [0.1, 0.15) is 23.9 Å². The van der Waals surface area contributed by atoms with E-state index in [1.165, 1.54) is 22.5 Å². The van der Waals surface area contributed by atoms with Gasteiger partial charge in [0.05, 0.1) is 43.6 Å². The number of aromatic nitrogens is 6. The number of piperidine rings is 1. The van der Waals surface area contributed by atoms with Crippen molar-refractivity contribution < 1.29 is 22.6 Å². The fraction of sp³-hybridized carbons (Fsp3) is 0.478. The van der Waals surface area contributed by atoms with Gasteiger partial charge in [-0.25, -0.2) is 22.4 Å². The predicted octanol–water partition coefficient (Wildman–Crippen LogP) is 2.73. The van der Waals surface area contributed by atoms with Crippen LogP contribution in [0.3, 0.4) is 0 Å². The van der Waals surface area contributed by atoms with Crippen LogP contribution in [0.4, 0.5) is 19.1 Å². The van der Waals surface area contributed by atoms with Crippen molar-refractivity contribution in [2.24, 2.45) is 0 Å². The molecule has 0 unspecified atom stereocenters. The molecule has 192 valence electrons. The third kappa shape index (κ3) is 4.55. The number of alkyl halides is 2. The van der Waals surface area contributed by atoms with E-state index in [4.69, 9.17) is 9.47 Å². The highest BCUT2D eigenvalue weighted by atomic mass is 19.1. The Balaban J connectivity index is 1.46. The summed E-state index contributed by atoms with van der Waals surface area (Å²) < 4.78 is 56.3. The lowest BCUT2D eigenvalue weighted by Gasteiger charge is -2.34. The highest BCUT2D eigenvalue weighted by molar-refractivity contribution is 5.89. The number of benzene rings is 1. The molecule has 2 atom stereocenters. The first-order valence-corrected chi connectivity index (χ1v) is 11.7. The smallest absolute Gasteiger partial charge is 0.244 e. The minimum absolute atomic E-state index is 0.0429. The number of anilines is 1. The molecule has 0 amide bonds. The van der Waals surface area contributed by atoms with Gasteiger partial charge < -0.3 is 14.8 Å². The summed E-state index contributed by atoms with van der Waals surface area (Å²) in [6, 6.07) is 4.60. The zero-order valence-electron chi connectivity index (χ0n) is 20.0. The molecule has 1 aliphatic rings. The molecule has 1 saturated heterocycles. The first kappa shape index (κ1) is 24.3. The fourth-order valence-electron chi connectivity index (χ4n) is 4.58. The number of aryl methyl sites for hydroxylation is 1. The molecule has 1 fully saturated rings. The van der Waals surface area contributed by atoms with Crippen LogP contribution in [0.25, 0.3) is 27.7 Å². The Hall–Kier alpha value is -3.45. The number of hydrogen-bond donors (Lipinski definition) is 1. The normalized spacial score (nSPS) is 18.8. The SMILES string of the molecule is COCCN1CC[C@H](Nc2nc(OC)c3c(-c4ccc5nnn(CCF)c5c4)c(F)cn3n2)[C@@H](F)C1. The molecule has 36 heavy (non-hydrogen) atoms. The van der Waals surface area contributed by atoms with E-state index in [0.717, 1.165) is 0 Å². The molecule has 4 heterocycles. The van der Waals surface area contributed by atoms with Crippen molar-refractivity contribution in [1.82, 2.24) is 34.5 Å². The first-order chi connectivity index (χ1) is 17.5. The Morgan fingerprint density at radius 3 is 2.83 bits per heavy atom. The van der Waals surface area contributed by atoms with Gasteiger partial charge in [0.25, 0.3) is 0 Å². The zero-order valence-corrected chi connectivity index (χ0v) is 20.0. The Labute approximate surface area is 205 Å². The van der Waals surface area contributed by atoms with Gasteiger partial charge in [-0.05, 0) is 24.1 Å². The van der Waals surface area contributed by atoms with E-state index in [1.807, 2.05) is 4.90 Å². The second kappa shape index (κ2) is 10.3. The van der Waals surface area contributed by atoms with Crippen molar-refractivity contribution >= 4 is 22.5 Å². The van der Waals surface area contributed by atoms with Crippen LogP contribution in [-0.4, -0.2) is 93.8 Å². The van der Waals surface area contributed by atoms with E-state index in [9.17, 15) is 8.78 Å². The largest absolute Gasteiger partial charge is 0.479 e. The molecule has 13 heteroatoms. The maximum absolute atomic E-state index is 15.2. The zero-order chi connectivity index (χ0) is 25.2. The number of nitrogens with zero attached hydrogens (tertiary/aromatic N) is 7. The molecule has 0 saturated carbocycles. The molecule has 1 N–H and O–H groups in total. The van der Waals surface area contributed by atoms with E-state index >= 15 is 4.39 Å². The molecule has 0 aliphatic carbocycles. The van der Waals surface area contributed by atoms with E-state index in [2.05, 4.69) is 25.7 Å². The summed E-state index contributed by atoms with van der Waals surface area (Å²) >= 11 is 0. The molecule has 5 rings (SSSR count). The molecular formula is C23H27F3N8O2. The van der Waals surface area contributed by atoms with Crippen molar-refractivity contribution in [2.45, 2.75) is 25.2 Å². The average molecular weight is 505 g/mol. The van der Waals surface area contributed by atoms with Gasteiger partial charge in [-0.3, -0.25) is 4.90 Å². The minimum Gasteiger partial charge on any atom is -0.479 e. The fourth-order valence-corrected chi connectivity index (χ4v) is 4.58. The highest BCUT2D eigenvalue weighted by Crippen LogP contribution is 2.35. The van der Waals surface area contributed by atoms with E-state index < -0.39 is 24.7 Å². The number of rotatable bonds is 9. The number of methoxy groups -OCH3 is 2. The number of ether oxygens (including phenoxy) is 2. The lowest BCUT2D eigenvalue weighted by molar-refractivity contribution is 0.0918. The quantitative estimate of drug-likeness (QED) is 0.372. The average Bonchev–Trinajstić information content (AvgIpc) is 3.43. The lowest BCUT2D eigenvalue weighted by atomic mass is 10.0. The third-order valence-electron chi connectivity index (χ3n) is 6.40. The molecule has 10 nitrogen and oxygen atoms in total. The predicted molar refractivity (Wildman–Crippen MR) is 127 cm³/mol. The summed E-state index contributed by atoms with van der Waals surface area (Å²) in [7, 11) is 3.05. The summed E-state index contributed by atoms with van der Waals surface area (Å²) in [6.45, 7) is 1.64. The van der Waals surface area contributed by atoms with Crippen molar-refractivity contribution in [3.05, 3.63) is 30.2 Å². The van der Waals surface area contributed by atoms with Crippen molar-refractivity contribution in [3.8, 4) is 17.0 Å². The number of hydrogen-bond acceptors (Lipinski definition) is 8. The summed E-state index contributed by atoms with van der Waals surface area (Å²) in [6.07, 6.45) is 0.648. The molecule has 0 radical (unpaired) electrons. The molecule has 0 spiro atoms. The van der Waals surface area contributed by atoms with Crippen LogP contribution in [0.2, 0.25) is 0 Å². The van der Waals surface area contributed by atoms with Gasteiger partial charge >= 0.3 is 0 Å². The van der Waals surface area contributed by atoms with Gasteiger partial charge in [-0.1, -0.05) is 11.3 Å². The minimum atomic E-state index is -1.13. The molecule has 4 aromatic rings. The maximum Gasteiger partial charge on any atom is 0.244 e. The number of fused-ring (bicyclic) bond motifs is 2. The first-order valence-electron chi connectivity index (χ1n) is 11.7. The number of nitrogens with one attached hydrogen (secondary N) is 1. The second-order valence-electron chi connectivity index (χ2n) is 8.64. The summed E-state index contributed by atoms with van der Waals surface area (Å²) in [5.41, 5.74) is 2.20. The molecule has 1 aromatic carbocycles. The standard InChI is InChI=1S/C23H27F3N8O2/c1-35-10-9-32-7-5-17(15(25)12-32)27-23-28-22(36-2)21-20(16(26)13-34(21)30-23)14-3-4-18-19(11-14)33(8-6-24)31-29-18/h3-4,11,13,15,17H,5-10,12H2,1-2H3,(H,27,30)/t15-,17-/m0/s1. The van der Waals surface area contributed by atoms with Crippen molar-refractivity contribution in [1.29, 1.82) is 0 Å². The van der Waals surface area contributed by atoms with Gasteiger partial charge in [0, 0.05) is 26.7 Å². The van der Waals surface area contributed by atoms with Crippen molar-refractivity contribution in [3.63, 3.8) is 0 Å². The Bertz CT molecular complexity index is 1360.